The molecule has 100 valence electrons. The summed E-state index contributed by atoms with van der Waals surface area (Å²) in [6.45, 7) is 4.64. The molecule has 0 saturated heterocycles. The number of hydrogen-bond acceptors (Lipinski definition) is 3. The summed E-state index contributed by atoms with van der Waals surface area (Å²) in [5.41, 5.74) is 7.58. The van der Waals surface area contributed by atoms with Crippen LogP contribution in [0.4, 0.5) is 5.69 Å². The van der Waals surface area contributed by atoms with Gasteiger partial charge in [-0.2, -0.15) is 0 Å². The molecule has 0 amide bonds. The van der Waals surface area contributed by atoms with Crippen molar-refractivity contribution in [1.29, 1.82) is 0 Å². The van der Waals surface area contributed by atoms with E-state index >= 15 is 0 Å². The molecule has 3 heteroatoms. The normalized spacial score (nSPS) is 11.9. The van der Waals surface area contributed by atoms with Crippen molar-refractivity contribution in [3.63, 3.8) is 0 Å². The lowest BCUT2D eigenvalue weighted by Gasteiger charge is -2.15. The summed E-state index contributed by atoms with van der Waals surface area (Å²) in [5, 5.41) is 0. The quantitative estimate of drug-likeness (QED) is 0.828. The number of nitrogen functional groups attached to an aromatic ring is 1. The van der Waals surface area contributed by atoms with Gasteiger partial charge >= 0.3 is 0 Å². The Labute approximate surface area is 114 Å². The van der Waals surface area contributed by atoms with E-state index in [1.54, 1.807) is 0 Å². The fourth-order valence-corrected chi connectivity index (χ4v) is 1.87. The molecular formula is C16H19NO2. The Balaban J connectivity index is 2.04. The van der Waals surface area contributed by atoms with Crippen LogP contribution in [0.2, 0.25) is 0 Å². The lowest BCUT2D eigenvalue weighted by Crippen LogP contribution is -2.03. The largest absolute Gasteiger partial charge is 0.494 e. The Kier molecular flexibility index (Phi) is 4.29. The molecule has 2 N–H and O–H groups in total. The van der Waals surface area contributed by atoms with E-state index in [1.165, 1.54) is 0 Å². The van der Waals surface area contributed by atoms with E-state index < -0.39 is 0 Å². The maximum absolute atomic E-state index is 5.88. The van der Waals surface area contributed by atoms with Gasteiger partial charge in [-0.25, -0.2) is 0 Å². The highest BCUT2D eigenvalue weighted by molar-refractivity contribution is 5.41. The van der Waals surface area contributed by atoms with Crippen LogP contribution in [-0.2, 0) is 0 Å². The molecule has 2 aromatic carbocycles. The predicted molar refractivity (Wildman–Crippen MR) is 77.5 cm³/mol. The molecule has 0 aliphatic carbocycles. The Morgan fingerprint density at radius 2 is 1.74 bits per heavy atom. The highest BCUT2D eigenvalue weighted by Gasteiger charge is 2.07. The van der Waals surface area contributed by atoms with Gasteiger partial charge in [-0.3, -0.25) is 0 Å². The van der Waals surface area contributed by atoms with E-state index in [9.17, 15) is 0 Å². The molecule has 0 spiro atoms. The Morgan fingerprint density at radius 1 is 1.05 bits per heavy atom. The topological polar surface area (TPSA) is 44.5 Å². The molecule has 0 aliphatic heterocycles. The summed E-state index contributed by atoms with van der Waals surface area (Å²) < 4.78 is 11.3. The van der Waals surface area contributed by atoms with Crippen molar-refractivity contribution in [3.05, 3.63) is 54.1 Å². The standard InChI is InChI=1S/C16H19NO2/c1-3-18-15-7-9-16(10-8-15)19-12(2)13-5-4-6-14(17)11-13/h4-12H,3,17H2,1-2H3. The SMILES string of the molecule is CCOc1ccc(OC(C)c2cccc(N)c2)cc1. The van der Waals surface area contributed by atoms with Crippen LogP contribution in [0.5, 0.6) is 11.5 Å². The Morgan fingerprint density at radius 3 is 2.37 bits per heavy atom. The van der Waals surface area contributed by atoms with Crippen molar-refractivity contribution >= 4 is 5.69 Å². The number of benzene rings is 2. The minimum absolute atomic E-state index is 0.0403. The molecule has 0 fully saturated rings. The van der Waals surface area contributed by atoms with E-state index in [0.717, 1.165) is 22.7 Å². The van der Waals surface area contributed by atoms with Gasteiger partial charge in [0.15, 0.2) is 0 Å². The summed E-state index contributed by atoms with van der Waals surface area (Å²) in [5.74, 6) is 1.67. The van der Waals surface area contributed by atoms with Crippen LogP contribution in [0.15, 0.2) is 48.5 Å². The third-order valence-corrected chi connectivity index (χ3v) is 2.83. The molecule has 0 saturated carbocycles. The first kappa shape index (κ1) is 13.3. The molecule has 3 nitrogen and oxygen atoms in total. The average Bonchev–Trinajstić information content (AvgIpc) is 2.41. The van der Waals surface area contributed by atoms with Crippen LogP contribution in [0, 0.1) is 0 Å². The Bertz CT molecular complexity index is 523. The van der Waals surface area contributed by atoms with Crippen molar-refractivity contribution < 1.29 is 9.47 Å². The van der Waals surface area contributed by atoms with Crippen molar-refractivity contribution in [1.82, 2.24) is 0 Å². The monoisotopic (exact) mass is 257 g/mol. The lowest BCUT2D eigenvalue weighted by molar-refractivity contribution is 0.226. The van der Waals surface area contributed by atoms with Crippen molar-refractivity contribution in [2.45, 2.75) is 20.0 Å². The number of anilines is 1. The zero-order valence-electron chi connectivity index (χ0n) is 11.3. The first-order valence-corrected chi connectivity index (χ1v) is 6.44. The van der Waals surface area contributed by atoms with E-state index in [-0.39, 0.29) is 6.10 Å². The third kappa shape index (κ3) is 3.65. The minimum atomic E-state index is -0.0403. The average molecular weight is 257 g/mol. The van der Waals surface area contributed by atoms with Crippen LogP contribution < -0.4 is 15.2 Å². The van der Waals surface area contributed by atoms with E-state index in [2.05, 4.69) is 0 Å². The molecule has 0 aromatic heterocycles. The molecule has 0 aliphatic rings. The zero-order chi connectivity index (χ0) is 13.7. The molecule has 2 rings (SSSR count). The van der Waals surface area contributed by atoms with Gasteiger partial charge in [0.05, 0.1) is 6.61 Å². The molecular weight excluding hydrogens is 238 g/mol. The number of hydrogen-bond donors (Lipinski definition) is 1. The molecule has 0 radical (unpaired) electrons. The van der Waals surface area contributed by atoms with Crippen LogP contribution in [-0.4, -0.2) is 6.61 Å². The Hall–Kier alpha value is -2.16. The number of ether oxygens (including phenoxy) is 2. The third-order valence-electron chi connectivity index (χ3n) is 2.83. The van der Waals surface area contributed by atoms with Crippen LogP contribution in [0.3, 0.4) is 0 Å². The van der Waals surface area contributed by atoms with Crippen LogP contribution >= 0.6 is 0 Å². The molecule has 0 heterocycles. The van der Waals surface area contributed by atoms with Gasteiger partial charge in [-0.05, 0) is 55.8 Å². The van der Waals surface area contributed by atoms with Gasteiger partial charge < -0.3 is 15.2 Å². The summed E-state index contributed by atoms with van der Waals surface area (Å²) in [7, 11) is 0. The molecule has 0 bridgehead atoms. The van der Waals surface area contributed by atoms with Gasteiger partial charge in [0.25, 0.3) is 0 Å². The second-order valence-corrected chi connectivity index (χ2v) is 4.33. The molecule has 1 atom stereocenters. The van der Waals surface area contributed by atoms with E-state index in [0.29, 0.717) is 6.61 Å². The zero-order valence-corrected chi connectivity index (χ0v) is 11.3. The van der Waals surface area contributed by atoms with Gasteiger partial charge in [0, 0.05) is 5.69 Å². The predicted octanol–water partition coefficient (Wildman–Crippen LogP) is 3.81. The van der Waals surface area contributed by atoms with E-state index in [4.69, 9.17) is 15.2 Å². The summed E-state index contributed by atoms with van der Waals surface area (Å²) in [6.07, 6.45) is -0.0403. The van der Waals surface area contributed by atoms with Crippen molar-refractivity contribution in [2.24, 2.45) is 0 Å². The maximum Gasteiger partial charge on any atom is 0.121 e. The van der Waals surface area contributed by atoms with Crippen molar-refractivity contribution in [3.8, 4) is 11.5 Å². The number of rotatable bonds is 5. The van der Waals surface area contributed by atoms with Gasteiger partial charge in [-0.1, -0.05) is 12.1 Å². The minimum Gasteiger partial charge on any atom is -0.494 e. The fourth-order valence-electron chi connectivity index (χ4n) is 1.87. The summed E-state index contributed by atoms with van der Waals surface area (Å²) in [4.78, 5) is 0. The highest BCUT2D eigenvalue weighted by Crippen LogP contribution is 2.24. The first-order valence-electron chi connectivity index (χ1n) is 6.44. The van der Waals surface area contributed by atoms with Crippen LogP contribution in [0.25, 0.3) is 0 Å². The summed E-state index contributed by atoms with van der Waals surface area (Å²) in [6, 6.07) is 15.4. The summed E-state index contributed by atoms with van der Waals surface area (Å²) >= 11 is 0. The molecule has 19 heavy (non-hydrogen) atoms. The van der Waals surface area contributed by atoms with Gasteiger partial charge in [-0.15, -0.1) is 0 Å². The van der Waals surface area contributed by atoms with Crippen LogP contribution in [0.1, 0.15) is 25.5 Å². The maximum atomic E-state index is 5.88. The number of nitrogens with two attached hydrogens (primary N) is 1. The smallest absolute Gasteiger partial charge is 0.121 e. The second-order valence-electron chi connectivity index (χ2n) is 4.33. The lowest BCUT2D eigenvalue weighted by atomic mass is 10.1. The van der Waals surface area contributed by atoms with Crippen molar-refractivity contribution in [2.75, 3.05) is 12.3 Å². The first-order chi connectivity index (χ1) is 9.19. The highest BCUT2D eigenvalue weighted by atomic mass is 16.5. The second kappa shape index (κ2) is 6.14. The molecule has 1 unspecified atom stereocenters. The molecule has 2 aromatic rings. The van der Waals surface area contributed by atoms with Gasteiger partial charge in [0.1, 0.15) is 17.6 Å². The fraction of sp³-hybridized carbons (Fsp3) is 0.250. The van der Waals surface area contributed by atoms with E-state index in [1.807, 2.05) is 62.4 Å². The van der Waals surface area contributed by atoms with Gasteiger partial charge in [0.2, 0.25) is 0 Å².